The summed E-state index contributed by atoms with van der Waals surface area (Å²) in [6.45, 7) is 4.00. The number of carbonyl (C=O) groups is 1. The molecule has 2 rings (SSSR count). The molecule has 0 radical (unpaired) electrons. The lowest BCUT2D eigenvalue weighted by molar-refractivity contribution is 0.0830. The Morgan fingerprint density at radius 1 is 1.10 bits per heavy atom. The van der Waals surface area contributed by atoms with Gasteiger partial charge in [0.1, 0.15) is 0 Å². The molecule has 0 aliphatic rings. The fourth-order valence-corrected chi connectivity index (χ4v) is 3.34. The lowest BCUT2D eigenvalue weighted by Gasteiger charge is -2.30. The predicted molar refractivity (Wildman–Crippen MR) is 90.8 cm³/mol. The second kappa shape index (κ2) is 6.93. The molecule has 1 aromatic heterocycles. The van der Waals surface area contributed by atoms with Gasteiger partial charge in [-0.2, -0.15) is 0 Å². The van der Waals surface area contributed by atoms with Crippen molar-refractivity contribution in [2.75, 3.05) is 7.05 Å². The van der Waals surface area contributed by atoms with Crippen LogP contribution in [0.25, 0.3) is 0 Å². The maximum Gasteiger partial charge on any atom is 0.189 e. The highest BCUT2D eigenvalue weighted by atomic mass is 35.5. The molecule has 0 N–H and O–H groups in total. The van der Waals surface area contributed by atoms with Gasteiger partial charge in [-0.05, 0) is 50.7 Å². The number of likely N-dealkylation sites (N-methyl/N-ethyl adjacent to an activating group) is 1. The first kappa shape index (κ1) is 16.5. The van der Waals surface area contributed by atoms with E-state index in [0.717, 1.165) is 5.56 Å². The molecule has 0 aliphatic carbocycles. The van der Waals surface area contributed by atoms with Crippen molar-refractivity contribution >= 4 is 40.3 Å². The summed E-state index contributed by atoms with van der Waals surface area (Å²) in [5.41, 5.74) is 1.13. The number of hydrogen-bond acceptors (Lipinski definition) is 3. The van der Waals surface area contributed by atoms with Gasteiger partial charge in [0.15, 0.2) is 5.78 Å². The van der Waals surface area contributed by atoms with E-state index in [0.29, 0.717) is 14.2 Å². The zero-order valence-electron chi connectivity index (χ0n) is 12.1. The molecular formula is C16H17Cl2NOS. The summed E-state index contributed by atoms with van der Waals surface area (Å²) >= 11 is 13.1. The Bertz CT molecular complexity index is 623. The van der Waals surface area contributed by atoms with Gasteiger partial charge in [-0.1, -0.05) is 35.3 Å². The van der Waals surface area contributed by atoms with Crippen molar-refractivity contribution in [1.82, 2.24) is 4.90 Å². The molecule has 2 nitrogen and oxygen atoms in total. The molecule has 2 aromatic rings. The van der Waals surface area contributed by atoms with E-state index in [2.05, 4.69) is 11.8 Å². The Morgan fingerprint density at radius 3 is 2.24 bits per heavy atom. The molecule has 21 heavy (non-hydrogen) atoms. The number of Topliss-reactive ketones (excluding diaryl/α,β-unsaturated/α-hetero) is 1. The lowest BCUT2D eigenvalue weighted by atomic mass is 10.0. The van der Waals surface area contributed by atoms with Crippen LogP contribution in [-0.2, 0) is 0 Å². The maximum atomic E-state index is 12.5. The van der Waals surface area contributed by atoms with Crippen LogP contribution in [-0.4, -0.2) is 23.8 Å². The fraction of sp³-hybridized carbons (Fsp3) is 0.312. The lowest BCUT2D eigenvalue weighted by Crippen LogP contribution is -2.37. The average Bonchev–Trinajstić information content (AvgIpc) is 2.91. The van der Waals surface area contributed by atoms with Crippen molar-refractivity contribution < 1.29 is 4.79 Å². The quantitative estimate of drug-likeness (QED) is 0.686. The van der Waals surface area contributed by atoms with Gasteiger partial charge in [-0.25, -0.2) is 0 Å². The van der Waals surface area contributed by atoms with Crippen molar-refractivity contribution in [1.29, 1.82) is 0 Å². The van der Waals surface area contributed by atoms with Gasteiger partial charge in [-0.3, -0.25) is 9.69 Å². The van der Waals surface area contributed by atoms with Crippen molar-refractivity contribution in [3.8, 4) is 0 Å². The molecular weight excluding hydrogens is 325 g/mol. The van der Waals surface area contributed by atoms with Crippen LogP contribution in [0.15, 0.2) is 36.4 Å². The molecule has 0 fully saturated rings. The second-order valence-electron chi connectivity index (χ2n) is 5.04. The highest BCUT2D eigenvalue weighted by molar-refractivity contribution is 7.18. The smallest absolute Gasteiger partial charge is 0.189 e. The van der Waals surface area contributed by atoms with E-state index in [1.54, 1.807) is 12.1 Å². The molecule has 0 aliphatic heterocycles. The Balaban J connectivity index is 2.12. The third-order valence-electron chi connectivity index (χ3n) is 3.77. The summed E-state index contributed by atoms with van der Waals surface area (Å²) in [6, 6.07) is 11.2. The molecule has 2 atom stereocenters. The highest BCUT2D eigenvalue weighted by Gasteiger charge is 2.25. The van der Waals surface area contributed by atoms with Gasteiger partial charge in [0.25, 0.3) is 0 Å². The maximum absolute atomic E-state index is 12.5. The van der Waals surface area contributed by atoms with E-state index < -0.39 is 0 Å². The molecule has 0 spiro atoms. The zero-order chi connectivity index (χ0) is 15.6. The Labute approximate surface area is 139 Å². The van der Waals surface area contributed by atoms with E-state index in [9.17, 15) is 4.79 Å². The number of carbonyl (C=O) groups excluding carboxylic acids is 1. The van der Waals surface area contributed by atoms with E-state index in [1.165, 1.54) is 11.3 Å². The van der Waals surface area contributed by atoms with Gasteiger partial charge >= 0.3 is 0 Å². The van der Waals surface area contributed by atoms with Gasteiger partial charge in [-0.15, -0.1) is 11.3 Å². The fourth-order valence-electron chi connectivity index (χ4n) is 2.15. The minimum Gasteiger partial charge on any atom is -0.291 e. The van der Waals surface area contributed by atoms with E-state index in [-0.39, 0.29) is 17.9 Å². The van der Waals surface area contributed by atoms with Gasteiger partial charge in [0.2, 0.25) is 0 Å². The number of nitrogens with zero attached hydrogens (tertiary/aromatic N) is 1. The molecule has 5 heteroatoms. The van der Waals surface area contributed by atoms with Crippen LogP contribution < -0.4 is 0 Å². The van der Waals surface area contributed by atoms with Crippen LogP contribution in [0.5, 0.6) is 0 Å². The monoisotopic (exact) mass is 341 g/mol. The predicted octanol–water partition coefficient (Wildman–Crippen LogP) is 5.32. The Kier molecular flexibility index (Phi) is 5.44. The van der Waals surface area contributed by atoms with Crippen molar-refractivity contribution in [2.45, 2.75) is 25.9 Å². The molecule has 0 saturated carbocycles. The Hall–Kier alpha value is -0.870. The first-order valence-corrected chi connectivity index (χ1v) is 8.24. The number of ketones is 1. The largest absolute Gasteiger partial charge is 0.291 e. The molecule has 112 valence electrons. The average molecular weight is 342 g/mol. The number of thiophene rings is 1. The van der Waals surface area contributed by atoms with E-state index >= 15 is 0 Å². The highest BCUT2D eigenvalue weighted by Crippen LogP contribution is 2.27. The summed E-state index contributed by atoms with van der Waals surface area (Å²) in [4.78, 5) is 15.2. The summed E-state index contributed by atoms with van der Waals surface area (Å²) < 4.78 is 0.638. The molecule has 2 unspecified atom stereocenters. The first-order valence-electron chi connectivity index (χ1n) is 6.67. The number of halogens is 2. The molecule has 1 heterocycles. The van der Waals surface area contributed by atoms with Crippen molar-refractivity contribution in [3.63, 3.8) is 0 Å². The zero-order valence-corrected chi connectivity index (χ0v) is 14.5. The van der Waals surface area contributed by atoms with E-state index in [1.807, 2.05) is 38.2 Å². The van der Waals surface area contributed by atoms with Crippen molar-refractivity contribution in [2.24, 2.45) is 0 Å². The first-order chi connectivity index (χ1) is 9.90. The SMILES string of the molecule is CC(C(=O)c1ccc(Cl)s1)N(C)C(C)c1ccc(Cl)cc1. The molecule has 0 amide bonds. The summed E-state index contributed by atoms with van der Waals surface area (Å²) in [5, 5.41) is 0.714. The summed E-state index contributed by atoms with van der Waals surface area (Å²) in [6.07, 6.45) is 0. The van der Waals surface area contributed by atoms with Gasteiger partial charge in [0, 0.05) is 11.1 Å². The van der Waals surface area contributed by atoms with E-state index in [4.69, 9.17) is 23.2 Å². The standard InChI is InChI=1S/C16H17Cl2NOS/c1-10(12-4-6-13(17)7-5-12)19(3)11(2)16(20)14-8-9-15(18)21-14/h4-11H,1-3H3. The third-order valence-corrected chi connectivity index (χ3v) is 5.27. The molecule has 1 aromatic carbocycles. The summed E-state index contributed by atoms with van der Waals surface area (Å²) in [7, 11) is 1.96. The van der Waals surface area contributed by atoms with Gasteiger partial charge < -0.3 is 0 Å². The van der Waals surface area contributed by atoms with Crippen LogP contribution >= 0.6 is 34.5 Å². The number of hydrogen-bond donors (Lipinski definition) is 0. The normalized spacial score (nSPS) is 14.2. The van der Waals surface area contributed by atoms with Crippen molar-refractivity contribution in [3.05, 3.63) is 56.2 Å². The number of rotatable bonds is 5. The van der Waals surface area contributed by atoms with Gasteiger partial charge in [0.05, 0.1) is 15.3 Å². The molecule has 0 bridgehead atoms. The van der Waals surface area contributed by atoms with Crippen LogP contribution in [0.4, 0.5) is 0 Å². The third kappa shape index (κ3) is 3.86. The second-order valence-corrected chi connectivity index (χ2v) is 7.19. The summed E-state index contributed by atoms with van der Waals surface area (Å²) in [5.74, 6) is 0.0928. The van der Waals surface area contributed by atoms with Crippen LogP contribution in [0.2, 0.25) is 9.36 Å². The van der Waals surface area contributed by atoms with Crippen LogP contribution in [0.3, 0.4) is 0 Å². The molecule has 0 saturated heterocycles. The van der Waals surface area contributed by atoms with Crippen LogP contribution in [0.1, 0.15) is 35.1 Å². The topological polar surface area (TPSA) is 20.3 Å². The number of benzene rings is 1. The van der Waals surface area contributed by atoms with Crippen LogP contribution in [0, 0.1) is 0 Å². The minimum atomic E-state index is -0.217. The minimum absolute atomic E-state index is 0.0928. The Morgan fingerprint density at radius 2 is 1.71 bits per heavy atom.